The Morgan fingerprint density at radius 1 is 0.939 bits per heavy atom. The van der Waals surface area contributed by atoms with E-state index in [1.807, 2.05) is 61.5 Å². The Bertz CT molecular complexity index is 1510. The molecule has 0 atom stereocenters. The summed E-state index contributed by atoms with van der Waals surface area (Å²) >= 11 is 0. The third kappa shape index (κ3) is 3.46. The van der Waals surface area contributed by atoms with Crippen LogP contribution in [-0.2, 0) is 6.42 Å². The van der Waals surface area contributed by atoms with Crippen LogP contribution in [0, 0.1) is 19.3 Å². The Hall–Kier alpha value is -4.30. The number of halogens is 1. The highest BCUT2D eigenvalue weighted by Crippen LogP contribution is 2.45. The Morgan fingerprint density at radius 2 is 1.64 bits per heavy atom. The van der Waals surface area contributed by atoms with E-state index in [0.29, 0.717) is 39.2 Å². The highest BCUT2D eigenvalue weighted by Gasteiger charge is 2.25. The van der Waals surface area contributed by atoms with Gasteiger partial charge in [0.25, 0.3) is 0 Å². The first-order valence-corrected chi connectivity index (χ1v) is 10.8. The van der Waals surface area contributed by atoms with Crippen molar-refractivity contribution >= 4 is 16.7 Å². The van der Waals surface area contributed by atoms with Gasteiger partial charge in [0, 0.05) is 16.5 Å². The molecule has 0 radical (unpaired) electrons. The lowest BCUT2D eigenvalue weighted by molar-refractivity contribution is 0.631. The number of benzene rings is 3. The second-order valence-electron chi connectivity index (χ2n) is 7.86. The Kier molecular flexibility index (Phi) is 5.20. The molecule has 160 valence electrons. The number of hydrogen-bond donors (Lipinski definition) is 0. The van der Waals surface area contributed by atoms with Gasteiger partial charge in [0.05, 0.1) is 23.6 Å². The van der Waals surface area contributed by atoms with Gasteiger partial charge >= 0.3 is 0 Å². The Morgan fingerprint density at radius 3 is 2.30 bits per heavy atom. The predicted molar refractivity (Wildman–Crippen MR) is 130 cm³/mol. The van der Waals surface area contributed by atoms with Crippen LogP contribution < -0.4 is 0 Å². The second-order valence-corrected chi connectivity index (χ2v) is 7.86. The molecular formula is C28H21FN4. The van der Waals surface area contributed by atoms with Crippen molar-refractivity contribution in [2.24, 2.45) is 0 Å². The van der Waals surface area contributed by atoms with Gasteiger partial charge in [-0.3, -0.25) is 0 Å². The smallest absolute Gasteiger partial charge is 0.221 e. The first-order valence-electron chi connectivity index (χ1n) is 10.8. The summed E-state index contributed by atoms with van der Waals surface area (Å²) in [5.74, 6) is -0.381. The van der Waals surface area contributed by atoms with Gasteiger partial charge in [0.1, 0.15) is 5.82 Å². The van der Waals surface area contributed by atoms with Gasteiger partial charge in [-0.2, -0.15) is 5.10 Å². The second kappa shape index (κ2) is 8.33. The topological polar surface area (TPSA) is 35.1 Å². The van der Waals surface area contributed by atoms with Crippen LogP contribution in [-0.4, -0.2) is 14.8 Å². The third-order valence-electron chi connectivity index (χ3n) is 5.86. The van der Waals surface area contributed by atoms with E-state index >= 15 is 4.39 Å². The molecule has 0 saturated heterocycles. The number of para-hydroxylation sites is 1. The maximum absolute atomic E-state index is 15.1. The van der Waals surface area contributed by atoms with Gasteiger partial charge < -0.3 is 0 Å². The van der Waals surface area contributed by atoms with E-state index in [9.17, 15) is 0 Å². The molecule has 0 saturated carbocycles. The summed E-state index contributed by atoms with van der Waals surface area (Å²) in [6.07, 6.45) is 0.920. The van der Waals surface area contributed by atoms with Crippen LogP contribution in [0.5, 0.6) is 0 Å². The first kappa shape index (κ1) is 20.6. The van der Waals surface area contributed by atoms with E-state index in [1.165, 1.54) is 11.6 Å². The molecule has 0 N–H and O–H groups in total. The lowest BCUT2D eigenvalue weighted by Crippen LogP contribution is -1.99. The van der Waals surface area contributed by atoms with Crippen LogP contribution in [0.4, 0.5) is 10.1 Å². The molecule has 5 aromatic rings. The molecule has 3 aromatic carbocycles. The number of aromatic nitrogens is 3. The van der Waals surface area contributed by atoms with Crippen LogP contribution in [0.1, 0.15) is 18.2 Å². The van der Waals surface area contributed by atoms with Gasteiger partial charge in [-0.1, -0.05) is 67.6 Å². The third-order valence-corrected chi connectivity index (χ3v) is 5.86. The van der Waals surface area contributed by atoms with Crippen molar-refractivity contribution in [1.82, 2.24) is 14.8 Å². The molecule has 0 aliphatic carbocycles. The molecule has 0 spiro atoms. The van der Waals surface area contributed by atoms with Crippen molar-refractivity contribution in [3.8, 4) is 28.1 Å². The molecule has 5 heteroatoms. The molecule has 2 heterocycles. The van der Waals surface area contributed by atoms with Crippen molar-refractivity contribution < 1.29 is 4.39 Å². The fraction of sp³-hybridized carbons (Fsp3) is 0.107. The SMILES string of the molecule is [C-]#[N+]c1c(-c2ccc(CC)cc2)nc2c(c(C)nn2-c2ccccc2)c1-c1ccccc1F. The zero-order chi connectivity index (χ0) is 22.9. The fourth-order valence-electron chi connectivity index (χ4n) is 4.19. The Labute approximate surface area is 191 Å². The normalized spacial score (nSPS) is 11.0. The van der Waals surface area contributed by atoms with E-state index in [1.54, 1.807) is 22.9 Å². The van der Waals surface area contributed by atoms with Crippen molar-refractivity contribution in [3.63, 3.8) is 0 Å². The van der Waals surface area contributed by atoms with Gasteiger partial charge in [-0.05, 0) is 42.7 Å². The zero-order valence-electron chi connectivity index (χ0n) is 18.4. The molecule has 0 bridgehead atoms. The standard InChI is InChI=1S/C28H21FN4/c1-4-19-14-16-20(17-15-19)26-27(30-3)25(22-12-8-9-13-23(22)29)24-18(2)32-33(28(24)31-26)21-10-6-5-7-11-21/h5-17H,4H2,1-2H3. The van der Waals surface area contributed by atoms with Gasteiger partial charge in [0.15, 0.2) is 5.65 Å². The molecule has 0 aliphatic heterocycles. The van der Waals surface area contributed by atoms with E-state index < -0.39 is 0 Å². The van der Waals surface area contributed by atoms with E-state index in [2.05, 4.69) is 11.8 Å². The molecule has 2 aromatic heterocycles. The van der Waals surface area contributed by atoms with Crippen molar-refractivity contribution in [1.29, 1.82) is 0 Å². The molecule has 0 amide bonds. The summed E-state index contributed by atoms with van der Waals surface area (Å²) in [6, 6.07) is 24.3. The maximum Gasteiger partial charge on any atom is 0.221 e. The fourth-order valence-corrected chi connectivity index (χ4v) is 4.19. The predicted octanol–water partition coefficient (Wildman–Crippen LogP) is 7.32. The summed E-state index contributed by atoms with van der Waals surface area (Å²) in [5.41, 5.74) is 5.91. The van der Waals surface area contributed by atoms with Crippen molar-refractivity contribution in [3.05, 3.63) is 107 Å². The number of fused-ring (bicyclic) bond motifs is 1. The number of rotatable bonds is 4. The summed E-state index contributed by atoms with van der Waals surface area (Å²) in [7, 11) is 0. The maximum atomic E-state index is 15.1. The van der Waals surface area contributed by atoms with Crippen molar-refractivity contribution in [2.45, 2.75) is 20.3 Å². The van der Waals surface area contributed by atoms with Gasteiger partial charge in [0.2, 0.25) is 5.69 Å². The number of hydrogen-bond acceptors (Lipinski definition) is 2. The molecular weight excluding hydrogens is 411 g/mol. The van der Waals surface area contributed by atoms with Crippen molar-refractivity contribution in [2.75, 3.05) is 0 Å². The molecule has 0 unspecified atom stereocenters. The van der Waals surface area contributed by atoms with Crippen LogP contribution in [0.15, 0.2) is 78.9 Å². The molecule has 33 heavy (non-hydrogen) atoms. The largest absolute Gasteiger partial charge is 0.240 e. The minimum absolute atomic E-state index is 0.326. The molecule has 4 nitrogen and oxygen atoms in total. The zero-order valence-corrected chi connectivity index (χ0v) is 18.4. The summed E-state index contributed by atoms with van der Waals surface area (Å²) < 4.78 is 16.8. The van der Waals surface area contributed by atoms with Crippen LogP contribution in [0.25, 0.3) is 44.0 Å². The van der Waals surface area contributed by atoms with Crippen LogP contribution >= 0.6 is 0 Å². The summed E-state index contributed by atoms with van der Waals surface area (Å²) in [5, 5.41) is 5.43. The van der Waals surface area contributed by atoms with E-state index in [-0.39, 0.29) is 5.82 Å². The quantitative estimate of drug-likeness (QED) is 0.279. The highest BCUT2D eigenvalue weighted by atomic mass is 19.1. The molecule has 5 rings (SSSR count). The lowest BCUT2D eigenvalue weighted by atomic mass is 9.96. The van der Waals surface area contributed by atoms with Crippen LogP contribution in [0.2, 0.25) is 0 Å². The lowest BCUT2D eigenvalue weighted by Gasteiger charge is -2.14. The summed E-state index contributed by atoms with van der Waals surface area (Å²) in [6.45, 7) is 12.0. The highest BCUT2D eigenvalue weighted by molar-refractivity contribution is 6.06. The summed E-state index contributed by atoms with van der Waals surface area (Å²) in [4.78, 5) is 8.81. The van der Waals surface area contributed by atoms with E-state index in [0.717, 1.165) is 17.7 Å². The minimum atomic E-state index is -0.381. The number of pyridine rings is 1. The van der Waals surface area contributed by atoms with Crippen LogP contribution in [0.3, 0.4) is 0 Å². The Balaban J connectivity index is 1.93. The molecule has 0 fully saturated rings. The number of nitrogens with zero attached hydrogens (tertiary/aromatic N) is 4. The number of aryl methyl sites for hydroxylation is 2. The van der Waals surface area contributed by atoms with Gasteiger partial charge in [-0.25, -0.2) is 18.9 Å². The average Bonchev–Trinajstić information content (AvgIpc) is 3.20. The first-order chi connectivity index (χ1) is 16.1. The average molecular weight is 433 g/mol. The monoisotopic (exact) mass is 432 g/mol. The van der Waals surface area contributed by atoms with E-state index in [4.69, 9.17) is 16.7 Å². The van der Waals surface area contributed by atoms with Gasteiger partial charge in [-0.15, -0.1) is 0 Å². The minimum Gasteiger partial charge on any atom is -0.240 e. The molecule has 0 aliphatic rings.